The maximum Gasteiger partial charge on any atom is 0.00446 e. The summed E-state index contributed by atoms with van der Waals surface area (Å²) in [5.74, 6) is 0.827. The van der Waals surface area contributed by atoms with Crippen molar-refractivity contribution >= 4 is 0 Å². The Hall–Kier alpha value is -0.820. The molecule has 0 aliphatic rings. The number of rotatable bonds is 9. The lowest BCUT2D eigenvalue weighted by atomic mass is 9.90. The number of nitrogens with two attached hydrogens (primary N) is 1. The van der Waals surface area contributed by atoms with Gasteiger partial charge in [-0.1, -0.05) is 69.4 Å². The van der Waals surface area contributed by atoms with Crippen LogP contribution in [0.25, 0.3) is 0 Å². The predicted molar refractivity (Wildman–Crippen MR) is 85.4 cm³/mol. The van der Waals surface area contributed by atoms with Crippen molar-refractivity contribution in [3.8, 4) is 0 Å². The van der Waals surface area contributed by atoms with Gasteiger partial charge < -0.3 is 5.73 Å². The molecule has 1 aromatic rings. The van der Waals surface area contributed by atoms with Crippen molar-refractivity contribution in [1.29, 1.82) is 0 Å². The monoisotopic (exact) mass is 261 g/mol. The minimum Gasteiger partial charge on any atom is -0.328 e. The van der Waals surface area contributed by atoms with Gasteiger partial charge in [0.15, 0.2) is 0 Å². The molecule has 0 saturated carbocycles. The van der Waals surface area contributed by atoms with Gasteiger partial charge in [-0.2, -0.15) is 0 Å². The fourth-order valence-corrected chi connectivity index (χ4v) is 2.63. The van der Waals surface area contributed by atoms with E-state index in [-0.39, 0.29) is 0 Å². The van der Waals surface area contributed by atoms with Gasteiger partial charge in [-0.15, -0.1) is 0 Å². The summed E-state index contributed by atoms with van der Waals surface area (Å²) in [4.78, 5) is 0. The summed E-state index contributed by atoms with van der Waals surface area (Å²) in [5.41, 5.74) is 9.05. The molecule has 0 aliphatic carbocycles. The third-order valence-electron chi connectivity index (χ3n) is 4.10. The fourth-order valence-electron chi connectivity index (χ4n) is 2.63. The standard InChI is InChI=1S/C18H31N/c1-4-6-7-16(5-2)14-18(19)13-12-17-10-8-15(3)9-11-17/h8-11,16,18H,4-7,12-14,19H2,1-3H3. The first-order valence-electron chi connectivity index (χ1n) is 7.96. The van der Waals surface area contributed by atoms with E-state index in [9.17, 15) is 0 Å². The lowest BCUT2D eigenvalue weighted by Crippen LogP contribution is -2.24. The van der Waals surface area contributed by atoms with Crippen LogP contribution >= 0.6 is 0 Å². The van der Waals surface area contributed by atoms with Crippen LogP contribution in [-0.4, -0.2) is 6.04 Å². The first-order chi connectivity index (χ1) is 9.15. The van der Waals surface area contributed by atoms with Crippen molar-refractivity contribution < 1.29 is 0 Å². The smallest absolute Gasteiger partial charge is 0.00446 e. The van der Waals surface area contributed by atoms with E-state index in [1.807, 2.05) is 0 Å². The average molecular weight is 261 g/mol. The van der Waals surface area contributed by atoms with Crippen LogP contribution in [0.15, 0.2) is 24.3 Å². The Kier molecular flexibility index (Phi) is 7.81. The summed E-state index contributed by atoms with van der Waals surface area (Å²) in [7, 11) is 0. The zero-order valence-electron chi connectivity index (χ0n) is 13.0. The number of unbranched alkanes of at least 4 members (excludes halogenated alkanes) is 1. The maximum absolute atomic E-state index is 6.30. The van der Waals surface area contributed by atoms with E-state index in [1.165, 1.54) is 43.2 Å². The van der Waals surface area contributed by atoms with E-state index < -0.39 is 0 Å². The second-order valence-electron chi connectivity index (χ2n) is 5.94. The van der Waals surface area contributed by atoms with Crippen molar-refractivity contribution in [1.82, 2.24) is 0 Å². The summed E-state index contributed by atoms with van der Waals surface area (Å²) in [6.07, 6.45) is 8.71. The second kappa shape index (κ2) is 9.14. The van der Waals surface area contributed by atoms with Gasteiger partial charge in [0.2, 0.25) is 0 Å². The second-order valence-corrected chi connectivity index (χ2v) is 5.94. The van der Waals surface area contributed by atoms with E-state index >= 15 is 0 Å². The molecule has 0 amide bonds. The Bertz CT molecular complexity index is 328. The number of hydrogen-bond acceptors (Lipinski definition) is 1. The Labute approximate surface area is 119 Å². The minimum absolute atomic E-state index is 0.364. The molecule has 2 atom stereocenters. The van der Waals surface area contributed by atoms with Crippen LogP contribution in [-0.2, 0) is 6.42 Å². The number of aryl methyl sites for hydroxylation is 2. The van der Waals surface area contributed by atoms with Crippen LogP contribution in [0.2, 0.25) is 0 Å². The van der Waals surface area contributed by atoms with E-state index in [4.69, 9.17) is 5.73 Å². The first-order valence-corrected chi connectivity index (χ1v) is 7.96. The molecule has 0 bridgehead atoms. The highest BCUT2D eigenvalue weighted by Gasteiger charge is 2.11. The normalized spacial score (nSPS) is 14.3. The van der Waals surface area contributed by atoms with Gasteiger partial charge in [0.25, 0.3) is 0 Å². The van der Waals surface area contributed by atoms with Crippen LogP contribution in [0.3, 0.4) is 0 Å². The Balaban J connectivity index is 2.29. The molecule has 1 aromatic carbocycles. The van der Waals surface area contributed by atoms with Crippen LogP contribution in [0, 0.1) is 12.8 Å². The molecule has 0 radical (unpaired) electrons. The predicted octanol–water partition coefficient (Wildman–Crippen LogP) is 4.86. The molecule has 0 saturated heterocycles. The number of hydrogen-bond donors (Lipinski definition) is 1. The topological polar surface area (TPSA) is 26.0 Å². The molecule has 108 valence electrons. The minimum atomic E-state index is 0.364. The zero-order chi connectivity index (χ0) is 14.1. The third kappa shape index (κ3) is 6.77. The van der Waals surface area contributed by atoms with Gasteiger partial charge in [-0.05, 0) is 37.7 Å². The molecule has 0 spiro atoms. The molecular formula is C18H31N. The first kappa shape index (κ1) is 16.2. The molecule has 0 heterocycles. The van der Waals surface area contributed by atoms with E-state index in [0.717, 1.165) is 18.8 Å². The van der Waals surface area contributed by atoms with Crippen molar-refractivity contribution in [2.24, 2.45) is 11.7 Å². The highest BCUT2D eigenvalue weighted by atomic mass is 14.6. The Morgan fingerprint density at radius 1 is 1.05 bits per heavy atom. The van der Waals surface area contributed by atoms with Crippen molar-refractivity contribution in [3.05, 3.63) is 35.4 Å². The molecule has 19 heavy (non-hydrogen) atoms. The van der Waals surface area contributed by atoms with Crippen molar-refractivity contribution in [2.45, 2.75) is 71.8 Å². The fraction of sp³-hybridized carbons (Fsp3) is 0.667. The third-order valence-corrected chi connectivity index (χ3v) is 4.10. The average Bonchev–Trinajstić information content (AvgIpc) is 2.42. The molecule has 0 aromatic heterocycles. The quantitative estimate of drug-likeness (QED) is 0.675. The Morgan fingerprint density at radius 3 is 2.32 bits per heavy atom. The van der Waals surface area contributed by atoms with Crippen LogP contribution in [0.1, 0.15) is 63.5 Å². The largest absolute Gasteiger partial charge is 0.328 e. The molecule has 1 heteroatoms. The highest BCUT2D eigenvalue weighted by Crippen LogP contribution is 2.19. The van der Waals surface area contributed by atoms with Crippen LogP contribution < -0.4 is 5.73 Å². The Morgan fingerprint density at radius 2 is 1.74 bits per heavy atom. The van der Waals surface area contributed by atoms with E-state index in [0.29, 0.717) is 6.04 Å². The molecule has 2 unspecified atom stereocenters. The molecular weight excluding hydrogens is 230 g/mol. The summed E-state index contributed by atoms with van der Waals surface area (Å²) < 4.78 is 0. The lowest BCUT2D eigenvalue weighted by Gasteiger charge is -2.19. The summed E-state index contributed by atoms with van der Waals surface area (Å²) >= 11 is 0. The van der Waals surface area contributed by atoms with Crippen molar-refractivity contribution in [3.63, 3.8) is 0 Å². The lowest BCUT2D eigenvalue weighted by molar-refractivity contribution is 0.375. The summed E-state index contributed by atoms with van der Waals surface area (Å²) in [6, 6.07) is 9.21. The molecule has 0 aliphatic heterocycles. The van der Waals surface area contributed by atoms with Gasteiger partial charge in [0, 0.05) is 6.04 Å². The number of benzene rings is 1. The van der Waals surface area contributed by atoms with Gasteiger partial charge in [-0.25, -0.2) is 0 Å². The zero-order valence-corrected chi connectivity index (χ0v) is 13.0. The van der Waals surface area contributed by atoms with E-state index in [1.54, 1.807) is 0 Å². The molecule has 0 fully saturated rings. The van der Waals surface area contributed by atoms with E-state index in [2.05, 4.69) is 45.0 Å². The SMILES string of the molecule is CCCCC(CC)CC(N)CCc1ccc(C)cc1. The van der Waals surface area contributed by atoms with Crippen LogP contribution in [0.4, 0.5) is 0 Å². The van der Waals surface area contributed by atoms with Gasteiger partial charge in [0.05, 0.1) is 0 Å². The highest BCUT2D eigenvalue weighted by molar-refractivity contribution is 5.21. The van der Waals surface area contributed by atoms with Gasteiger partial charge in [0.1, 0.15) is 0 Å². The molecule has 1 nitrogen and oxygen atoms in total. The summed E-state index contributed by atoms with van der Waals surface area (Å²) in [6.45, 7) is 6.70. The molecule has 1 rings (SSSR count). The summed E-state index contributed by atoms with van der Waals surface area (Å²) in [5, 5.41) is 0. The maximum atomic E-state index is 6.30. The van der Waals surface area contributed by atoms with Gasteiger partial charge in [-0.3, -0.25) is 0 Å². The van der Waals surface area contributed by atoms with Crippen molar-refractivity contribution in [2.75, 3.05) is 0 Å². The van der Waals surface area contributed by atoms with Crippen LogP contribution in [0.5, 0.6) is 0 Å². The molecule has 2 N–H and O–H groups in total. The van der Waals surface area contributed by atoms with Gasteiger partial charge >= 0.3 is 0 Å².